The Morgan fingerprint density at radius 3 is 2.56 bits per heavy atom. The van der Waals surface area contributed by atoms with Gasteiger partial charge in [0.05, 0.1) is 0 Å². The van der Waals surface area contributed by atoms with Crippen molar-refractivity contribution in [3.63, 3.8) is 0 Å². The van der Waals surface area contributed by atoms with E-state index in [4.69, 9.17) is 5.73 Å². The summed E-state index contributed by atoms with van der Waals surface area (Å²) in [6.45, 7) is 2.93. The average Bonchev–Trinajstić information content (AvgIpc) is 3.59. The molecule has 0 aromatic heterocycles. The minimum absolute atomic E-state index is 0.230. The second kappa shape index (κ2) is 12.2. The van der Waals surface area contributed by atoms with Crippen LogP contribution in [-0.2, 0) is 16.0 Å². The third-order valence-electron chi connectivity index (χ3n) is 8.72. The number of nitrogens with one attached hydrogen (secondary N) is 2. The first kappa shape index (κ1) is 26.6. The smallest absolute Gasteiger partial charge is 0.324 e. The zero-order valence-electron chi connectivity index (χ0n) is 21.7. The van der Waals surface area contributed by atoms with Crippen LogP contribution in [-0.4, -0.2) is 73.0 Å². The van der Waals surface area contributed by atoms with Gasteiger partial charge >= 0.3 is 6.03 Å². The zero-order valence-corrected chi connectivity index (χ0v) is 21.7. The maximum Gasteiger partial charge on any atom is 0.324 e. The Kier molecular flexibility index (Phi) is 9.01. The molecule has 1 unspecified atom stereocenters. The van der Waals surface area contributed by atoms with Crippen LogP contribution < -0.4 is 16.4 Å². The number of primary amides is 1. The molecule has 4 rings (SSSR count). The van der Waals surface area contributed by atoms with Crippen LogP contribution in [0.5, 0.6) is 0 Å². The number of likely N-dealkylation sites (tertiary alicyclic amines) is 1. The van der Waals surface area contributed by atoms with E-state index in [0.717, 1.165) is 50.8 Å². The third kappa shape index (κ3) is 6.09. The van der Waals surface area contributed by atoms with E-state index in [-0.39, 0.29) is 6.54 Å². The van der Waals surface area contributed by atoms with Gasteiger partial charge in [-0.2, -0.15) is 0 Å². The maximum absolute atomic E-state index is 13.6. The van der Waals surface area contributed by atoms with Crippen molar-refractivity contribution in [2.24, 2.45) is 17.1 Å². The lowest BCUT2D eigenvalue weighted by Gasteiger charge is -2.40. The van der Waals surface area contributed by atoms with Crippen molar-refractivity contribution in [1.82, 2.24) is 20.4 Å². The first-order valence-electron chi connectivity index (χ1n) is 13.8. The Morgan fingerprint density at radius 1 is 1.14 bits per heavy atom. The Labute approximate surface area is 215 Å². The lowest BCUT2D eigenvalue weighted by atomic mass is 9.83. The molecular weight excluding hydrogens is 454 g/mol. The summed E-state index contributed by atoms with van der Waals surface area (Å²) in [6, 6.07) is 10.5. The third-order valence-corrected chi connectivity index (χ3v) is 8.72. The zero-order chi connectivity index (χ0) is 25.5. The van der Waals surface area contributed by atoms with Gasteiger partial charge in [-0.3, -0.25) is 14.5 Å². The highest BCUT2D eigenvalue weighted by atomic mass is 16.2. The summed E-state index contributed by atoms with van der Waals surface area (Å²) in [5.74, 6) is -0.498. The van der Waals surface area contributed by atoms with Crippen molar-refractivity contribution in [2.45, 2.75) is 76.3 Å². The number of amides is 4. The van der Waals surface area contributed by atoms with Gasteiger partial charge in [-0.25, -0.2) is 4.79 Å². The fourth-order valence-corrected chi connectivity index (χ4v) is 6.43. The molecule has 3 fully saturated rings. The standard InChI is InChI=1S/C28H43N5O3/c1-32-18-12-22(20-24(32)23-10-7-16-30-23)11-17-31-27(36)33(19-13-21-8-3-2-4-9-21)26(35)28(25(29)34)14-5-6-15-28/h2-4,8-9,22-24,30H,5-7,10-20H2,1H3,(H2,29,34)(H,31,36)/t22?,23-,24+/m0/s1. The molecule has 2 aliphatic heterocycles. The van der Waals surface area contributed by atoms with Gasteiger partial charge in [0.1, 0.15) is 5.41 Å². The van der Waals surface area contributed by atoms with Crippen LogP contribution in [0, 0.1) is 11.3 Å². The van der Waals surface area contributed by atoms with Crippen LogP contribution in [0.2, 0.25) is 0 Å². The van der Waals surface area contributed by atoms with Gasteiger partial charge < -0.3 is 21.3 Å². The van der Waals surface area contributed by atoms with Crippen molar-refractivity contribution >= 4 is 17.8 Å². The van der Waals surface area contributed by atoms with Gasteiger partial charge in [0.15, 0.2) is 0 Å². The highest BCUT2D eigenvalue weighted by Gasteiger charge is 2.49. The van der Waals surface area contributed by atoms with Crippen LogP contribution in [0.4, 0.5) is 4.79 Å². The number of hydrogen-bond donors (Lipinski definition) is 3. The highest BCUT2D eigenvalue weighted by molar-refractivity contribution is 6.09. The second-order valence-corrected chi connectivity index (χ2v) is 11.0. The lowest BCUT2D eigenvalue weighted by molar-refractivity contribution is -0.146. The average molecular weight is 498 g/mol. The van der Waals surface area contributed by atoms with E-state index in [1.165, 1.54) is 17.7 Å². The van der Waals surface area contributed by atoms with Crippen LogP contribution in [0.15, 0.2) is 30.3 Å². The topological polar surface area (TPSA) is 108 Å². The molecule has 2 heterocycles. The summed E-state index contributed by atoms with van der Waals surface area (Å²) in [5, 5.41) is 6.66. The molecule has 3 atom stereocenters. The van der Waals surface area contributed by atoms with Crippen molar-refractivity contribution in [3.8, 4) is 0 Å². The quantitative estimate of drug-likeness (QED) is 0.455. The number of nitrogens with zero attached hydrogens (tertiary/aromatic N) is 2. The van der Waals surface area contributed by atoms with E-state index >= 15 is 0 Å². The van der Waals surface area contributed by atoms with Crippen LogP contribution in [0.25, 0.3) is 0 Å². The minimum Gasteiger partial charge on any atom is -0.369 e. The normalized spacial score (nSPS) is 26.0. The van der Waals surface area contributed by atoms with Gasteiger partial charge in [-0.1, -0.05) is 43.2 Å². The number of piperidine rings is 1. The largest absolute Gasteiger partial charge is 0.369 e. The van der Waals surface area contributed by atoms with Gasteiger partial charge in [0.2, 0.25) is 11.8 Å². The Morgan fingerprint density at radius 2 is 1.89 bits per heavy atom. The Bertz CT molecular complexity index is 896. The first-order chi connectivity index (χ1) is 17.4. The molecule has 3 aliphatic rings. The number of benzene rings is 1. The SMILES string of the molecule is CN1CCC(CCNC(=O)N(CCc2ccccc2)C(=O)C2(C(N)=O)CCCC2)C[C@@H]1[C@@H]1CCCN1. The molecule has 1 aromatic carbocycles. The molecule has 0 spiro atoms. The number of likely N-dealkylation sites (N-methyl/N-ethyl adjacent to an activating group) is 1. The minimum atomic E-state index is -1.26. The summed E-state index contributed by atoms with van der Waals surface area (Å²) >= 11 is 0. The fraction of sp³-hybridized carbons (Fsp3) is 0.679. The number of urea groups is 1. The van der Waals surface area contributed by atoms with E-state index in [1.807, 2.05) is 30.3 Å². The van der Waals surface area contributed by atoms with Gasteiger partial charge in [-0.05, 0) is 83.0 Å². The molecule has 36 heavy (non-hydrogen) atoms. The van der Waals surface area contributed by atoms with E-state index < -0.39 is 23.3 Å². The molecule has 2 saturated heterocycles. The number of rotatable bonds is 9. The molecule has 8 heteroatoms. The Balaban J connectivity index is 1.37. The van der Waals surface area contributed by atoms with Crippen LogP contribution in [0.3, 0.4) is 0 Å². The molecule has 1 aromatic rings. The van der Waals surface area contributed by atoms with E-state index in [1.54, 1.807) is 0 Å². The van der Waals surface area contributed by atoms with E-state index in [2.05, 4.69) is 22.6 Å². The Hall–Kier alpha value is -2.45. The summed E-state index contributed by atoms with van der Waals surface area (Å²) in [7, 11) is 2.22. The predicted molar refractivity (Wildman–Crippen MR) is 140 cm³/mol. The first-order valence-corrected chi connectivity index (χ1v) is 13.8. The van der Waals surface area contributed by atoms with Gasteiger partial charge in [0, 0.05) is 25.2 Å². The van der Waals surface area contributed by atoms with Crippen LogP contribution in [0.1, 0.15) is 63.4 Å². The monoisotopic (exact) mass is 497 g/mol. The van der Waals surface area contributed by atoms with Gasteiger partial charge in [0.25, 0.3) is 0 Å². The summed E-state index contributed by atoms with van der Waals surface area (Å²) in [5.41, 5.74) is 5.51. The summed E-state index contributed by atoms with van der Waals surface area (Å²) in [6.07, 6.45) is 8.55. The van der Waals surface area contributed by atoms with E-state index in [0.29, 0.717) is 43.8 Å². The number of carbonyl (C=O) groups is 3. The molecule has 1 aliphatic carbocycles. The molecule has 1 saturated carbocycles. The summed E-state index contributed by atoms with van der Waals surface area (Å²) < 4.78 is 0. The van der Waals surface area contributed by atoms with Crippen molar-refractivity contribution in [2.75, 3.05) is 33.2 Å². The summed E-state index contributed by atoms with van der Waals surface area (Å²) in [4.78, 5) is 43.1. The molecular formula is C28H43N5O3. The molecule has 8 nitrogen and oxygen atoms in total. The number of hydrogen-bond acceptors (Lipinski definition) is 5. The van der Waals surface area contributed by atoms with Crippen molar-refractivity contribution in [1.29, 1.82) is 0 Å². The molecule has 0 radical (unpaired) electrons. The number of nitrogens with two attached hydrogens (primary N) is 1. The molecule has 198 valence electrons. The second-order valence-electron chi connectivity index (χ2n) is 11.0. The highest BCUT2D eigenvalue weighted by Crippen LogP contribution is 2.39. The number of carbonyl (C=O) groups excluding carboxylic acids is 3. The van der Waals surface area contributed by atoms with Crippen molar-refractivity contribution in [3.05, 3.63) is 35.9 Å². The fourth-order valence-electron chi connectivity index (χ4n) is 6.43. The van der Waals surface area contributed by atoms with Crippen molar-refractivity contribution < 1.29 is 14.4 Å². The maximum atomic E-state index is 13.6. The molecule has 0 bridgehead atoms. The number of imide groups is 1. The molecule has 4 N–H and O–H groups in total. The van der Waals surface area contributed by atoms with Gasteiger partial charge in [-0.15, -0.1) is 0 Å². The lowest BCUT2D eigenvalue weighted by Crippen LogP contribution is -2.55. The van der Waals surface area contributed by atoms with Crippen LogP contribution >= 0.6 is 0 Å². The molecule has 4 amide bonds. The predicted octanol–water partition coefficient (Wildman–Crippen LogP) is 2.67. The van der Waals surface area contributed by atoms with E-state index in [9.17, 15) is 14.4 Å².